The van der Waals surface area contributed by atoms with Gasteiger partial charge in [-0.2, -0.15) is 13.2 Å². The lowest BCUT2D eigenvalue weighted by Gasteiger charge is -2.22. The molecular formula is C17H13F3N2OS. The van der Waals surface area contributed by atoms with Crippen LogP contribution in [0.3, 0.4) is 0 Å². The van der Waals surface area contributed by atoms with Gasteiger partial charge in [-0.25, -0.2) is 4.98 Å². The Bertz CT molecular complexity index is 838. The molecule has 24 heavy (non-hydrogen) atoms. The predicted octanol–water partition coefficient (Wildman–Crippen LogP) is 4.88. The molecule has 124 valence electrons. The molecule has 0 atom stereocenters. The fraction of sp³-hybridized carbons (Fsp3) is 0.176. The molecule has 7 heteroatoms. The molecule has 2 aromatic carbocycles. The number of anilines is 1. The van der Waals surface area contributed by atoms with Gasteiger partial charge in [-0.15, -0.1) is 11.3 Å². The largest absolute Gasteiger partial charge is 0.471 e. The van der Waals surface area contributed by atoms with E-state index >= 15 is 0 Å². The minimum absolute atomic E-state index is 0.0567. The van der Waals surface area contributed by atoms with Crippen molar-refractivity contribution in [2.45, 2.75) is 13.1 Å². The molecule has 1 amide bonds. The highest BCUT2D eigenvalue weighted by Gasteiger charge is 2.42. The first-order valence-corrected chi connectivity index (χ1v) is 8.06. The van der Waals surface area contributed by atoms with Crippen molar-refractivity contribution in [1.29, 1.82) is 0 Å². The second-order valence-corrected chi connectivity index (χ2v) is 6.11. The third-order valence-corrected chi connectivity index (χ3v) is 4.61. The average molecular weight is 350 g/mol. The van der Waals surface area contributed by atoms with Gasteiger partial charge in [0.25, 0.3) is 0 Å². The van der Waals surface area contributed by atoms with Crippen LogP contribution in [0.15, 0.2) is 48.5 Å². The van der Waals surface area contributed by atoms with Crippen molar-refractivity contribution in [1.82, 2.24) is 4.98 Å². The average Bonchev–Trinajstić information content (AvgIpc) is 2.99. The van der Waals surface area contributed by atoms with Gasteiger partial charge in [-0.1, -0.05) is 12.1 Å². The summed E-state index contributed by atoms with van der Waals surface area (Å²) in [4.78, 5) is 16.7. The lowest BCUT2D eigenvalue weighted by molar-refractivity contribution is -0.170. The third kappa shape index (κ3) is 3.12. The Hall–Kier alpha value is -2.41. The lowest BCUT2D eigenvalue weighted by Crippen LogP contribution is -2.41. The molecule has 0 saturated carbocycles. The van der Waals surface area contributed by atoms with Crippen molar-refractivity contribution < 1.29 is 18.0 Å². The number of para-hydroxylation sites is 1. The van der Waals surface area contributed by atoms with Crippen LogP contribution >= 0.6 is 11.3 Å². The van der Waals surface area contributed by atoms with Crippen LogP contribution in [0.5, 0.6) is 0 Å². The van der Waals surface area contributed by atoms with Gasteiger partial charge in [0.2, 0.25) is 0 Å². The Morgan fingerprint density at radius 1 is 1.12 bits per heavy atom. The number of carbonyl (C=O) groups is 1. The summed E-state index contributed by atoms with van der Waals surface area (Å²) >= 11 is 1.51. The van der Waals surface area contributed by atoms with Crippen LogP contribution in [-0.2, 0) is 4.79 Å². The number of carbonyl (C=O) groups excluding carboxylic acids is 1. The van der Waals surface area contributed by atoms with E-state index in [0.717, 1.165) is 20.8 Å². The molecular weight excluding hydrogens is 337 g/mol. The van der Waals surface area contributed by atoms with Crippen LogP contribution in [0, 0.1) is 0 Å². The highest BCUT2D eigenvalue weighted by molar-refractivity contribution is 7.21. The number of nitrogens with zero attached hydrogens (tertiary/aromatic N) is 2. The van der Waals surface area contributed by atoms with Gasteiger partial charge in [0.05, 0.1) is 10.2 Å². The molecule has 0 fully saturated rings. The van der Waals surface area contributed by atoms with Gasteiger partial charge in [0, 0.05) is 17.8 Å². The maximum Gasteiger partial charge on any atom is 0.471 e. The number of halogens is 3. The van der Waals surface area contributed by atoms with Gasteiger partial charge in [0.15, 0.2) is 0 Å². The number of benzene rings is 2. The van der Waals surface area contributed by atoms with Gasteiger partial charge in [0.1, 0.15) is 5.01 Å². The summed E-state index contributed by atoms with van der Waals surface area (Å²) in [6.45, 7) is 1.45. The normalized spacial score (nSPS) is 11.7. The molecule has 0 aliphatic carbocycles. The Morgan fingerprint density at radius 2 is 1.79 bits per heavy atom. The van der Waals surface area contributed by atoms with E-state index in [9.17, 15) is 18.0 Å². The topological polar surface area (TPSA) is 33.2 Å². The van der Waals surface area contributed by atoms with Crippen molar-refractivity contribution in [2.75, 3.05) is 11.4 Å². The summed E-state index contributed by atoms with van der Waals surface area (Å²) in [7, 11) is 0. The van der Waals surface area contributed by atoms with Crippen LogP contribution in [-0.4, -0.2) is 23.6 Å². The Kier molecular flexibility index (Phi) is 4.28. The molecule has 1 aromatic heterocycles. The highest BCUT2D eigenvalue weighted by atomic mass is 32.1. The molecule has 3 nitrogen and oxygen atoms in total. The van der Waals surface area contributed by atoms with Crippen LogP contribution in [0.1, 0.15) is 6.92 Å². The number of thiazole rings is 1. The van der Waals surface area contributed by atoms with Crippen LogP contribution in [0.2, 0.25) is 0 Å². The van der Waals surface area contributed by atoms with Gasteiger partial charge >= 0.3 is 12.1 Å². The minimum Gasteiger partial charge on any atom is -0.305 e. The van der Waals surface area contributed by atoms with E-state index in [1.165, 1.54) is 30.4 Å². The molecule has 3 rings (SSSR count). The number of rotatable bonds is 3. The molecule has 0 saturated heterocycles. The zero-order valence-electron chi connectivity index (χ0n) is 12.7. The summed E-state index contributed by atoms with van der Waals surface area (Å²) in [6.07, 6.45) is -4.89. The first-order chi connectivity index (χ1) is 11.4. The maximum absolute atomic E-state index is 12.6. The Morgan fingerprint density at radius 3 is 2.38 bits per heavy atom. The van der Waals surface area contributed by atoms with E-state index in [4.69, 9.17) is 0 Å². The van der Waals surface area contributed by atoms with Crippen LogP contribution in [0.25, 0.3) is 20.8 Å². The summed E-state index contributed by atoms with van der Waals surface area (Å²) in [5.41, 5.74) is 1.89. The first kappa shape index (κ1) is 16.4. The zero-order chi connectivity index (χ0) is 17.3. The zero-order valence-corrected chi connectivity index (χ0v) is 13.5. The molecule has 0 spiro atoms. The molecule has 0 unspecified atom stereocenters. The number of aromatic nitrogens is 1. The second-order valence-electron chi connectivity index (χ2n) is 5.08. The molecule has 1 heterocycles. The van der Waals surface area contributed by atoms with Crippen LogP contribution < -0.4 is 4.90 Å². The number of alkyl halides is 3. The smallest absolute Gasteiger partial charge is 0.305 e. The van der Waals surface area contributed by atoms with Gasteiger partial charge < -0.3 is 4.90 Å². The van der Waals surface area contributed by atoms with Crippen molar-refractivity contribution in [3.8, 4) is 10.6 Å². The third-order valence-electron chi connectivity index (χ3n) is 3.52. The fourth-order valence-corrected chi connectivity index (χ4v) is 3.35. The van der Waals surface area contributed by atoms with Gasteiger partial charge in [-0.3, -0.25) is 4.79 Å². The van der Waals surface area contributed by atoms with Crippen molar-refractivity contribution in [3.63, 3.8) is 0 Å². The van der Waals surface area contributed by atoms with E-state index < -0.39 is 12.1 Å². The Balaban J connectivity index is 1.91. The van der Waals surface area contributed by atoms with E-state index in [2.05, 4.69) is 4.98 Å². The fourth-order valence-electron chi connectivity index (χ4n) is 2.38. The number of amides is 1. The first-order valence-electron chi connectivity index (χ1n) is 7.25. The van der Waals surface area contributed by atoms with Gasteiger partial charge in [-0.05, 0) is 43.3 Å². The summed E-state index contributed by atoms with van der Waals surface area (Å²) in [5.74, 6) is -1.86. The summed E-state index contributed by atoms with van der Waals surface area (Å²) in [6, 6.07) is 14.1. The SMILES string of the molecule is CCN(C(=O)C(F)(F)F)c1ccc(-c2nc3ccccc3s2)cc1. The molecule has 3 aromatic rings. The maximum atomic E-state index is 12.6. The molecule has 0 bridgehead atoms. The predicted molar refractivity (Wildman–Crippen MR) is 89.1 cm³/mol. The number of fused-ring (bicyclic) bond motifs is 1. The van der Waals surface area contributed by atoms with E-state index in [-0.39, 0.29) is 12.2 Å². The monoisotopic (exact) mass is 350 g/mol. The minimum atomic E-state index is -4.89. The molecule has 0 aliphatic heterocycles. The van der Waals surface area contributed by atoms with E-state index in [0.29, 0.717) is 4.90 Å². The van der Waals surface area contributed by atoms with E-state index in [1.54, 1.807) is 12.1 Å². The summed E-state index contributed by atoms with van der Waals surface area (Å²) < 4.78 is 38.9. The molecule has 0 radical (unpaired) electrons. The summed E-state index contributed by atoms with van der Waals surface area (Å²) in [5, 5.41) is 0.785. The van der Waals surface area contributed by atoms with E-state index in [1.807, 2.05) is 24.3 Å². The Labute approximate surface area is 140 Å². The molecule has 0 aliphatic rings. The van der Waals surface area contributed by atoms with Crippen molar-refractivity contribution in [3.05, 3.63) is 48.5 Å². The van der Waals surface area contributed by atoms with Crippen molar-refractivity contribution >= 4 is 33.1 Å². The second kappa shape index (κ2) is 6.24. The van der Waals surface area contributed by atoms with Crippen molar-refractivity contribution in [2.24, 2.45) is 0 Å². The number of hydrogen-bond donors (Lipinski definition) is 0. The number of hydrogen-bond acceptors (Lipinski definition) is 3. The quantitative estimate of drug-likeness (QED) is 0.675. The lowest BCUT2D eigenvalue weighted by atomic mass is 10.2. The van der Waals surface area contributed by atoms with Crippen LogP contribution in [0.4, 0.5) is 18.9 Å². The molecule has 0 N–H and O–H groups in total. The highest BCUT2D eigenvalue weighted by Crippen LogP contribution is 2.31. The standard InChI is InChI=1S/C17H13F3N2OS/c1-2-22(16(23)17(18,19)20)12-9-7-11(8-10-12)15-21-13-5-3-4-6-14(13)24-15/h3-10H,2H2,1H3.